The van der Waals surface area contributed by atoms with Crippen molar-refractivity contribution in [1.29, 1.82) is 5.26 Å². The van der Waals surface area contributed by atoms with Gasteiger partial charge in [-0.05, 0) is 36.8 Å². The van der Waals surface area contributed by atoms with Crippen LogP contribution in [0.5, 0.6) is 0 Å². The first-order valence-corrected chi connectivity index (χ1v) is 8.22. The van der Waals surface area contributed by atoms with E-state index in [9.17, 15) is 8.42 Å². The summed E-state index contributed by atoms with van der Waals surface area (Å²) < 4.78 is 22.9. The third-order valence-electron chi connectivity index (χ3n) is 3.09. The minimum Gasteiger partial charge on any atom is -0.362 e. The Balaban J connectivity index is 2.21. The second-order valence-electron chi connectivity index (χ2n) is 4.72. The monoisotopic (exact) mass is 301 g/mol. The van der Waals surface area contributed by atoms with Crippen molar-refractivity contribution in [2.45, 2.75) is 17.9 Å². The molecule has 6 heteroatoms. The number of sulfone groups is 1. The molecule has 1 aromatic heterocycles. The number of hydrogen-bond donors (Lipinski definition) is 1. The van der Waals surface area contributed by atoms with Gasteiger partial charge < -0.3 is 5.32 Å². The lowest BCUT2D eigenvalue weighted by atomic mass is 10.1. The van der Waals surface area contributed by atoms with Crippen molar-refractivity contribution < 1.29 is 8.42 Å². The number of pyridine rings is 1. The van der Waals surface area contributed by atoms with Gasteiger partial charge in [0.1, 0.15) is 11.9 Å². The summed E-state index contributed by atoms with van der Waals surface area (Å²) in [6, 6.07) is 12.0. The molecule has 0 amide bonds. The number of benzene rings is 1. The minimum absolute atomic E-state index is 0.0967. The molecule has 1 atom stereocenters. The highest BCUT2D eigenvalue weighted by Crippen LogP contribution is 2.21. The van der Waals surface area contributed by atoms with Gasteiger partial charge in [0.2, 0.25) is 0 Å². The summed E-state index contributed by atoms with van der Waals surface area (Å²) in [6.07, 6.45) is 2.79. The van der Waals surface area contributed by atoms with Gasteiger partial charge in [-0.1, -0.05) is 12.1 Å². The van der Waals surface area contributed by atoms with Crippen molar-refractivity contribution in [3.63, 3.8) is 0 Å². The molecule has 5 nitrogen and oxygen atoms in total. The number of rotatable bonds is 4. The maximum atomic E-state index is 11.4. The molecule has 1 heterocycles. The molecule has 0 saturated heterocycles. The van der Waals surface area contributed by atoms with Gasteiger partial charge in [-0.2, -0.15) is 5.26 Å². The van der Waals surface area contributed by atoms with Gasteiger partial charge in [-0.15, -0.1) is 0 Å². The van der Waals surface area contributed by atoms with Crippen LogP contribution in [-0.4, -0.2) is 19.7 Å². The highest BCUT2D eigenvalue weighted by atomic mass is 32.2. The Kier molecular flexibility index (Phi) is 4.24. The fourth-order valence-electron chi connectivity index (χ4n) is 1.90. The van der Waals surface area contributed by atoms with E-state index in [0.29, 0.717) is 11.4 Å². The summed E-state index contributed by atoms with van der Waals surface area (Å²) in [5.41, 5.74) is 1.38. The summed E-state index contributed by atoms with van der Waals surface area (Å²) in [5, 5.41) is 12.2. The van der Waals surface area contributed by atoms with Gasteiger partial charge in [0.25, 0.3) is 0 Å². The topological polar surface area (TPSA) is 82.8 Å². The third-order valence-corrected chi connectivity index (χ3v) is 4.22. The second kappa shape index (κ2) is 5.94. The predicted molar refractivity (Wildman–Crippen MR) is 80.5 cm³/mol. The van der Waals surface area contributed by atoms with E-state index in [1.807, 2.05) is 6.92 Å². The molecule has 0 radical (unpaired) electrons. The lowest BCUT2D eigenvalue weighted by Crippen LogP contribution is -2.09. The lowest BCUT2D eigenvalue weighted by Gasteiger charge is -2.16. The molecule has 0 saturated carbocycles. The Morgan fingerprint density at radius 3 is 2.48 bits per heavy atom. The predicted octanol–water partition coefficient (Wildman–Crippen LogP) is 2.53. The number of hydrogen-bond acceptors (Lipinski definition) is 5. The van der Waals surface area contributed by atoms with E-state index in [-0.39, 0.29) is 10.9 Å². The zero-order valence-corrected chi connectivity index (χ0v) is 12.6. The minimum atomic E-state index is -3.19. The average Bonchev–Trinajstić information content (AvgIpc) is 2.47. The fourth-order valence-corrected chi connectivity index (χ4v) is 2.53. The van der Waals surface area contributed by atoms with E-state index >= 15 is 0 Å². The van der Waals surface area contributed by atoms with E-state index in [2.05, 4.69) is 16.4 Å². The first-order valence-electron chi connectivity index (χ1n) is 6.33. The summed E-state index contributed by atoms with van der Waals surface area (Å²) in [7, 11) is -3.19. The third kappa shape index (κ3) is 3.58. The Morgan fingerprint density at radius 2 is 1.90 bits per heavy atom. The SMILES string of the molecule is C[C@H](Nc1ncccc1C#N)c1ccc(S(C)(=O)=O)cc1. The molecule has 0 spiro atoms. The Hall–Kier alpha value is -2.39. The number of nitrogens with one attached hydrogen (secondary N) is 1. The quantitative estimate of drug-likeness (QED) is 0.938. The zero-order valence-electron chi connectivity index (χ0n) is 11.7. The molecule has 0 aliphatic carbocycles. The molecular formula is C15H15N3O2S. The van der Waals surface area contributed by atoms with E-state index in [0.717, 1.165) is 5.56 Å². The molecule has 1 aromatic carbocycles. The van der Waals surface area contributed by atoms with Crippen molar-refractivity contribution in [3.8, 4) is 6.07 Å². The van der Waals surface area contributed by atoms with Gasteiger partial charge in [0, 0.05) is 18.5 Å². The fraction of sp³-hybridized carbons (Fsp3) is 0.200. The van der Waals surface area contributed by atoms with Crippen molar-refractivity contribution >= 4 is 15.7 Å². The molecule has 2 aromatic rings. The van der Waals surface area contributed by atoms with Crippen LogP contribution in [0.15, 0.2) is 47.5 Å². The van der Waals surface area contributed by atoms with E-state index in [1.165, 1.54) is 6.26 Å². The normalized spacial score (nSPS) is 12.4. The standard InChI is InChI=1S/C15H15N3O2S/c1-11(18-15-13(10-16)4-3-9-17-15)12-5-7-14(8-6-12)21(2,19)20/h3-9,11H,1-2H3,(H,17,18)/t11-/m0/s1. The average molecular weight is 301 g/mol. The summed E-state index contributed by atoms with van der Waals surface area (Å²) in [5.74, 6) is 0.514. The molecule has 21 heavy (non-hydrogen) atoms. The van der Waals surface area contributed by atoms with Gasteiger partial charge in [-0.3, -0.25) is 0 Å². The van der Waals surface area contributed by atoms with Gasteiger partial charge in [0.15, 0.2) is 9.84 Å². The van der Waals surface area contributed by atoms with Crippen LogP contribution in [0.3, 0.4) is 0 Å². The van der Waals surface area contributed by atoms with Crippen molar-refractivity contribution in [3.05, 3.63) is 53.7 Å². The zero-order chi connectivity index (χ0) is 15.5. The Labute approximate surface area is 124 Å². The molecule has 108 valence electrons. The highest BCUT2D eigenvalue weighted by Gasteiger charge is 2.11. The largest absolute Gasteiger partial charge is 0.362 e. The van der Waals surface area contributed by atoms with E-state index < -0.39 is 9.84 Å². The van der Waals surface area contributed by atoms with Gasteiger partial charge >= 0.3 is 0 Å². The smallest absolute Gasteiger partial charge is 0.175 e. The first kappa shape index (κ1) is 15.0. The number of nitriles is 1. The van der Waals surface area contributed by atoms with Crippen molar-refractivity contribution in [2.75, 3.05) is 11.6 Å². The van der Waals surface area contributed by atoms with Gasteiger partial charge in [-0.25, -0.2) is 13.4 Å². The molecule has 0 aliphatic rings. The van der Waals surface area contributed by atoms with Crippen LogP contribution in [0.2, 0.25) is 0 Å². The molecule has 2 rings (SSSR count). The number of nitrogens with zero attached hydrogens (tertiary/aromatic N) is 2. The van der Waals surface area contributed by atoms with Crippen LogP contribution >= 0.6 is 0 Å². The molecule has 0 unspecified atom stereocenters. The van der Waals surface area contributed by atoms with Crippen LogP contribution in [0.25, 0.3) is 0 Å². The maximum Gasteiger partial charge on any atom is 0.175 e. The molecule has 0 bridgehead atoms. The summed E-state index contributed by atoms with van der Waals surface area (Å²) in [4.78, 5) is 4.43. The van der Waals surface area contributed by atoms with Crippen molar-refractivity contribution in [1.82, 2.24) is 4.98 Å². The number of aromatic nitrogens is 1. The molecular weight excluding hydrogens is 286 g/mol. The van der Waals surface area contributed by atoms with E-state index in [1.54, 1.807) is 42.6 Å². The first-order chi connectivity index (χ1) is 9.91. The van der Waals surface area contributed by atoms with Crippen LogP contribution in [-0.2, 0) is 9.84 Å². The Morgan fingerprint density at radius 1 is 1.24 bits per heavy atom. The van der Waals surface area contributed by atoms with E-state index in [4.69, 9.17) is 5.26 Å². The summed E-state index contributed by atoms with van der Waals surface area (Å²) >= 11 is 0. The van der Waals surface area contributed by atoms with Crippen molar-refractivity contribution in [2.24, 2.45) is 0 Å². The van der Waals surface area contributed by atoms with Crippen LogP contribution < -0.4 is 5.32 Å². The molecule has 0 aliphatic heterocycles. The van der Waals surface area contributed by atoms with Gasteiger partial charge in [0.05, 0.1) is 10.5 Å². The lowest BCUT2D eigenvalue weighted by molar-refractivity contribution is 0.602. The number of anilines is 1. The Bertz CT molecular complexity index is 777. The maximum absolute atomic E-state index is 11.4. The van der Waals surface area contributed by atoms with Crippen LogP contribution in [0.4, 0.5) is 5.82 Å². The summed E-state index contributed by atoms with van der Waals surface area (Å²) in [6.45, 7) is 1.92. The molecule has 1 N–H and O–H groups in total. The molecule has 0 fully saturated rings. The van der Waals surface area contributed by atoms with Crippen LogP contribution in [0, 0.1) is 11.3 Å². The second-order valence-corrected chi connectivity index (χ2v) is 6.73. The van der Waals surface area contributed by atoms with Crippen LogP contribution in [0.1, 0.15) is 24.1 Å². The highest BCUT2D eigenvalue weighted by molar-refractivity contribution is 7.90.